The van der Waals surface area contributed by atoms with E-state index in [0.29, 0.717) is 0 Å². The van der Waals surface area contributed by atoms with Crippen molar-refractivity contribution < 1.29 is 0 Å². The van der Waals surface area contributed by atoms with Gasteiger partial charge < -0.3 is 5.32 Å². The van der Waals surface area contributed by atoms with E-state index in [4.69, 9.17) is 0 Å². The minimum absolute atomic E-state index is 1.07. The highest BCUT2D eigenvalue weighted by atomic mass is 14.9. The van der Waals surface area contributed by atoms with Crippen molar-refractivity contribution in [1.82, 2.24) is 0 Å². The Bertz CT molecular complexity index is 1900. The van der Waals surface area contributed by atoms with Crippen LogP contribution in [0.3, 0.4) is 0 Å². The predicted octanol–water partition coefficient (Wildman–Crippen LogP) is 10.7. The predicted molar refractivity (Wildman–Crippen MR) is 167 cm³/mol. The van der Waals surface area contributed by atoms with E-state index in [0.717, 1.165) is 11.4 Å². The summed E-state index contributed by atoms with van der Waals surface area (Å²) in [7, 11) is 0. The van der Waals surface area contributed by atoms with E-state index in [1.807, 2.05) is 0 Å². The molecule has 1 heteroatoms. The van der Waals surface area contributed by atoms with Crippen molar-refractivity contribution in [2.45, 2.75) is 0 Å². The maximum Gasteiger partial charge on any atom is 0.0464 e. The van der Waals surface area contributed by atoms with Gasteiger partial charge >= 0.3 is 0 Å². The molecule has 0 aliphatic carbocycles. The number of fused-ring (bicyclic) bond motifs is 3. The van der Waals surface area contributed by atoms with Crippen LogP contribution < -0.4 is 5.32 Å². The Hall–Kier alpha value is -5.14. The lowest BCUT2D eigenvalue weighted by molar-refractivity contribution is 1.52. The van der Waals surface area contributed by atoms with E-state index in [1.165, 1.54) is 54.9 Å². The summed E-state index contributed by atoms with van der Waals surface area (Å²) in [6.45, 7) is 0. The van der Waals surface area contributed by atoms with Crippen LogP contribution in [0.2, 0.25) is 0 Å². The van der Waals surface area contributed by atoms with Gasteiger partial charge in [0, 0.05) is 16.9 Å². The van der Waals surface area contributed by atoms with Crippen LogP contribution in [0.1, 0.15) is 0 Å². The molecule has 0 saturated heterocycles. The van der Waals surface area contributed by atoms with Crippen LogP contribution in [-0.4, -0.2) is 0 Å². The second-order valence-electron chi connectivity index (χ2n) is 9.89. The summed E-state index contributed by atoms with van der Waals surface area (Å²) >= 11 is 0. The molecule has 0 heterocycles. The fourth-order valence-corrected chi connectivity index (χ4v) is 5.50. The fraction of sp³-hybridized carbons (Fsp3) is 0. The van der Waals surface area contributed by atoms with Crippen LogP contribution in [0.5, 0.6) is 0 Å². The lowest BCUT2D eigenvalue weighted by atomic mass is 9.91. The van der Waals surface area contributed by atoms with Crippen LogP contribution in [0.25, 0.3) is 54.9 Å². The van der Waals surface area contributed by atoms with Gasteiger partial charge in [-0.15, -0.1) is 0 Å². The smallest absolute Gasteiger partial charge is 0.0464 e. The summed E-state index contributed by atoms with van der Waals surface area (Å²) in [4.78, 5) is 0. The first-order valence-electron chi connectivity index (χ1n) is 13.4. The molecule has 0 unspecified atom stereocenters. The highest BCUT2D eigenvalue weighted by Crippen LogP contribution is 2.39. The number of benzene rings is 7. The third kappa shape index (κ3) is 4.45. The number of nitrogens with one attached hydrogen (secondary N) is 1. The minimum Gasteiger partial charge on any atom is -0.355 e. The largest absolute Gasteiger partial charge is 0.355 e. The molecule has 0 aliphatic rings. The molecule has 39 heavy (non-hydrogen) atoms. The van der Waals surface area contributed by atoms with Gasteiger partial charge in [-0.2, -0.15) is 0 Å². The lowest BCUT2D eigenvalue weighted by Crippen LogP contribution is -1.95. The third-order valence-electron chi connectivity index (χ3n) is 7.45. The first-order chi connectivity index (χ1) is 19.3. The molecular weight excluding hydrogens is 470 g/mol. The van der Waals surface area contributed by atoms with Crippen LogP contribution in [0, 0.1) is 0 Å². The number of rotatable bonds is 5. The van der Waals surface area contributed by atoms with E-state index in [-0.39, 0.29) is 0 Å². The Labute approximate surface area is 229 Å². The van der Waals surface area contributed by atoms with Crippen molar-refractivity contribution >= 4 is 32.9 Å². The van der Waals surface area contributed by atoms with E-state index in [9.17, 15) is 0 Å². The van der Waals surface area contributed by atoms with Gasteiger partial charge in [0.15, 0.2) is 0 Å². The highest BCUT2D eigenvalue weighted by Gasteiger charge is 2.12. The molecule has 184 valence electrons. The zero-order valence-electron chi connectivity index (χ0n) is 21.5. The zero-order valence-corrected chi connectivity index (χ0v) is 21.5. The van der Waals surface area contributed by atoms with Gasteiger partial charge in [-0.1, -0.05) is 127 Å². The maximum absolute atomic E-state index is 3.70. The Morgan fingerprint density at radius 3 is 1.64 bits per heavy atom. The average Bonchev–Trinajstić information content (AvgIpc) is 3.02. The highest BCUT2D eigenvalue weighted by molar-refractivity contribution is 6.14. The first kappa shape index (κ1) is 23.0. The topological polar surface area (TPSA) is 12.0 Å². The monoisotopic (exact) mass is 497 g/mol. The van der Waals surface area contributed by atoms with Crippen molar-refractivity contribution in [2.75, 3.05) is 5.32 Å². The van der Waals surface area contributed by atoms with E-state index >= 15 is 0 Å². The number of hydrogen-bond acceptors (Lipinski definition) is 1. The van der Waals surface area contributed by atoms with Gasteiger partial charge in [0.05, 0.1) is 0 Å². The molecule has 0 spiro atoms. The van der Waals surface area contributed by atoms with Crippen molar-refractivity contribution in [3.05, 3.63) is 158 Å². The second kappa shape index (κ2) is 9.96. The molecule has 0 bridgehead atoms. The van der Waals surface area contributed by atoms with Crippen molar-refractivity contribution in [3.63, 3.8) is 0 Å². The average molecular weight is 498 g/mol. The van der Waals surface area contributed by atoms with Gasteiger partial charge in [0.25, 0.3) is 0 Å². The lowest BCUT2D eigenvalue weighted by Gasteiger charge is -2.17. The molecular formula is C38H27N. The molecule has 1 N–H and O–H groups in total. The SMILES string of the molecule is c1ccc(-c2ccc(Nc3ccc(-c4cc5ccccc5c5ccccc45)cc3-c3ccccc3)cc2)cc1. The third-order valence-corrected chi connectivity index (χ3v) is 7.45. The molecule has 0 fully saturated rings. The molecule has 0 saturated carbocycles. The van der Waals surface area contributed by atoms with E-state index in [2.05, 4.69) is 163 Å². The Kier molecular flexibility index (Phi) is 5.88. The zero-order chi connectivity index (χ0) is 26.0. The fourth-order valence-electron chi connectivity index (χ4n) is 5.50. The summed E-state index contributed by atoms with van der Waals surface area (Å²) in [5.74, 6) is 0. The van der Waals surface area contributed by atoms with Gasteiger partial charge in [-0.25, -0.2) is 0 Å². The van der Waals surface area contributed by atoms with Gasteiger partial charge in [-0.3, -0.25) is 0 Å². The van der Waals surface area contributed by atoms with Crippen molar-refractivity contribution in [1.29, 1.82) is 0 Å². The van der Waals surface area contributed by atoms with Crippen molar-refractivity contribution in [2.24, 2.45) is 0 Å². The van der Waals surface area contributed by atoms with Crippen LogP contribution in [0.15, 0.2) is 158 Å². The van der Waals surface area contributed by atoms with Crippen LogP contribution >= 0.6 is 0 Å². The minimum atomic E-state index is 1.07. The first-order valence-corrected chi connectivity index (χ1v) is 13.4. The van der Waals surface area contributed by atoms with Crippen LogP contribution in [0.4, 0.5) is 11.4 Å². The van der Waals surface area contributed by atoms with E-state index in [1.54, 1.807) is 0 Å². The molecule has 0 radical (unpaired) electrons. The van der Waals surface area contributed by atoms with Gasteiger partial charge in [-0.05, 0) is 79.7 Å². The Morgan fingerprint density at radius 1 is 0.333 bits per heavy atom. The molecule has 0 aromatic heterocycles. The molecule has 1 nitrogen and oxygen atoms in total. The van der Waals surface area contributed by atoms with Gasteiger partial charge in [0.2, 0.25) is 0 Å². The molecule has 7 rings (SSSR count). The Morgan fingerprint density at radius 2 is 0.897 bits per heavy atom. The second-order valence-corrected chi connectivity index (χ2v) is 9.89. The number of hydrogen-bond donors (Lipinski definition) is 1. The standard InChI is InChI=1S/C38H27N/c1-3-11-27(12-4-1)28-19-22-32(23-20-28)39-38-24-21-31(26-37(38)29-13-5-2-6-14-29)36-25-30-15-7-8-16-33(30)34-17-9-10-18-35(34)36/h1-26,39H. The van der Waals surface area contributed by atoms with Gasteiger partial charge in [0.1, 0.15) is 0 Å². The van der Waals surface area contributed by atoms with E-state index < -0.39 is 0 Å². The normalized spacial score (nSPS) is 11.1. The summed E-state index contributed by atoms with van der Waals surface area (Å²) < 4.78 is 0. The quantitative estimate of drug-likeness (QED) is 0.233. The summed E-state index contributed by atoms with van der Waals surface area (Å²) in [5.41, 5.74) is 9.41. The summed E-state index contributed by atoms with van der Waals surface area (Å²) in [5, 5.41) is 8.80. The summed E-state index contributed by atoms with van der Waals surface area (Å²) in [6.07, 6.45) is 0. The molecule has 7 aromatic carbocycles. The van der Waals surface area contributed by atoms with Crippen LogP contribution in [-0.2, 0) is 0 Å². The summed E-state index contributed by atoms with van der Waals surface area (Å²) in [6, 6.07) is 56.3. The molecule has 0 amide bonds. The molecule has 0 aliphatic heterocycles. The molecule has 0 atom stereocenters. The maximum atomic E-state index is 3.70. The number of anilines is 2. The molecule has 7 aromatic rings. The van der Waals surface area contributed by atoms with Crippen molar-refractivity contribution in [3.8, 4) is 33.4 Å². The Balaban J connectivity index is 1.33.